The third-order valence-corrected chi connectivity index (χ3v) is 4.10. The normalized spacial score (nSPS) is 13.5. The summed E-state index contributed by atoms with van der Waals surface area (Å²) in [6.07, 6.45) is 6.32. The van der Waals surface area contributed by atoms with E-state index in [0.717, 1.165) is 30.6 Å². The number of benzene rings is 1. The van der Waals surface area contributed by atoms with Crippen molar-refractivity contribution in [3.63, 3.8) is 0 Å². The van der Waals surface area contributed by atoms with Gasteiger partial charge in [0.1, 0.15) is 11.8 Å². The van der Waals surface area contributed by atoms with Crippen molar-refractivity contribution in [3.8, 4) is 5.75 Å². The topological polar surface area (TPSA) is 67.4 Å². The van der Waals surface area contributed by atoms with Crippen LogP contribution in [0, 0.1) is 5.92 Å². The fraction of sp³-hybridized carbons (Fsp3) is 0.524. The first kappa shape index (κ1) is 21.7. The fourth-order valence-corrected chi connectivity index (χ4v) is 2.49. The van der Waals surface area contributed by atoms with Crippen molar-refractivity contribution < 1.29 is 14.3 Å². The van der Waals surface area contributed by atoms with Gasteiger partial charge in [0, 0.05) is 12.1 Å². The first-order valence-corrected chi connectivity index (χ1v) is 9.24. The summed E-state index contributed by atoms with van der Waals surface area (Å²) in [6.45, 7) is 8.08. The van der Waals surface area contributed by atoms with Crippen molar-refractivity contribution in [2.24, 2.45) is 5.92 Å². The van der Waals surface area contributed by atoms with E-state index in [0.29, 0.717) is 5.92 Å². The number of hydrogen-bond donors (Lipinski definition) is 2. The Kier molecular flexibility index (Phi) is 9.48. The standard InChI is InChI=1S/C21H32N2O3/c1-15(2)7-6-8-16(3)22-21(25)17(4)23-20(24)14-11-18-9-12-19(26-5)13-10-18/h9-17H,6-8H2,1-5H3,(H,22,25)(H,23,24). The van der Waals surface area contributed by atoms with Crippen molar-refractivity contribution in [1.29, 1.82) is 0 Å². The highest BCUT2D eigenvalue weighted by atomic mass is 16.5. The fourth-order valence-electron chi connectivity index (χ4n) is 2.49. The van der Waals surface area contributed by atoms with Crippen molar-refractivity contribution in [3.05, 3.63) is 35.9 Å². The summed E-state index contributed by atoms with van der Waals surface area (Å²) in [7, 11) is 1.61. The van der Waals surface area contributed by atoms with E-state index >= 15 is 0 Å². The van der Waals surface area contributed by atoms with E-state index in [4.69, 9.17) is 4.74 Å². The van der Waals surface area contributed by atoms with Crippen LogP contribution in [0.15, 0.2) is 30.3 Å². The van der Waals surface area contributed by atoms with Gasteiger partial charge >= 0.3 is 0 Å². The Morgan fingerprint density at radius 3 is 2.27 bits per heavy atom. The van der Waals surface area contributed by atoms with Gasteiger partial charge in [-0.2, -0.15) is 0 Å². The quantitative estimate of drug-likeness (QED) is 0.627. The van der Waals surface area contributed by atoms with Crippen molar-refractivity contribution in [1.82, 2.24) is 10.6 Å². The molecule has 1 rings (SSSR count). The number of rotatable bonds is 10. The van der Waals surface area contributed by atoms with Crippen LogP contribution in [0.25, 0.3) is 6.08 Å². The zero-order valence-corrected chi connectivity index (χ0v) is 16.5. The molecule has 0 aliphatic rings. The number of carbonyl (C=O) groups excluding carboxylic acids is 2. The molecular formula is C21H32N2O3. The van der Waals surface area contributed by atoms with Crippen LogP contribution in [0.3, 0.4) is 0 Å². The smallest absolute Gasteiger partial charge is 0.244 e. The number of amides is 2. The molecule has 5 nitrogen and oxygen atoms in total. The molecule has 2 unspecified atom stereocenters. The Morgan fingerprint density at radius 1 is 1.04 bits per heavy atom. The highest BCUT2D eigenvalue weighted by Gasteiger charge is 2.16. The lowest BCUT2D eigenvalue weighted by atomic mass is 10.0. The van der Waals surface area contributed by atoms with Gasteiger partial charge < -0.3 is 15.4 Å². The van der Waals surface area contributed by atoms with E-state index in [1.165, 1.54) is 6.08 Å². The summed E-state index contributed by atoms with van der Waals surface area (Å²) in [5.74, 6) is 0.984. The van der Waals surface area contributed by atoms with Crippen LogP contribution in [-0.4, -0.2) is 31.0 Å². The minimum Gasteiger partial charge on any atom is -0.497 e. The van der Waals surface area contributed by atoms with Gasteiger partial charge in [-0.15, -0.1) is 0 Å². The van der Waals surface area contributed by atoms with Crippen LogP contribution in [0.5, 0.6) is 5.75 Å². The second kappa shape index (κ2) is 11.3. The molecule has 0 saturated carbocycles. The summed E-state index contributed by atoms with van der Waals surface area (Å²) in [5.41, 5.74) is 0.886. The first-order valence-electron chi connectivity index (χ1n) is 9.24. The predicted octanol–water partition coefficient (Wildman–Crippen LogP) is 3.54. The summed E-state index contributed by atoms with van der Waals surface area (Å²) >= 11 is 0. The average molecular weight is 360 g/mol. The van der Waals surface area contributed by atoms with Crippen LogP contribution in [0.4, 0.5) is 0 Å². The maximum atomic E-state index is 12.2. The molecule has 0 saturated heterocycles. The lowest BCUT2D eigenvalue weighted by Crippen LogP contribution is -2.47. The predicted molar refractivity (Wildman–Crippen MR) is 106 cm³/mol. The molecule has 0 radical (unpaired) electrons. The number of methoxy groups -OCH3 is 1. The monoisotopic (exact) mass is 360 g/mol. The van der Waals surface area contributed by atoms with E-state index in [2.05, 4.69) is 24.5 Å². The second-order valence-corrected chi connectivity index (χ2v) is 7.07. The van der Waals surface area contributed by atoms with Crippen LogP contribution >= 0.6 is 0 Å². The van der Waals surface area contributed by atoms with Crippen molar-refractivity contribution >= 4 is 17.9 Å². The number of carbonyl (C=O) groups is 2. The van der Waals surface area contributed by atoms with Gasteiger partial charge in [0.25, 0.3) is 0 Å². The molecule has 5 heteroatoms. The lowest BCUT2D eigenvalue weighted by Gasteiger charge is -2.18. The van der Waals surface area contributed by atoms with E-state index < -0.39 is 6.04 Å². The summed E-state index contributed by atoms with van der Waals surface area (Å²) in [4.78, 5) is 24.2. The molecule has 1 aromatic carbocycles. The molecule has 0 spiro atoms. The van der Waals surface area contributed by atoms with E-state index in [1.807, 2.05) is 31.2 Å². The van der Waals surface area contributed by atoms with E-state index in [1.54, 1.807) is 20.1 Å². The molecule has 0 aliphatic heterocycles. The lowest BCUT2D eigenvalue weighted by molar-refractivity contribution is -0.127. The van der Waals surface area contributed by atoms with Gasteiger partial charge in [-0.05, 0) is 50.0 Å². The molecule has 2 N–H and O–H groups in total. The van der Waals surface area contributed by atoms with Crippen molar-refractivity contribution in [2.75, 3.05) is 7.11 Å². The maximum Gasteiger partial charge on any atom is 0.244 e. The molecule has 26 heavy (non-hydrogen) atoms. The third-order valence-electron chi connectivity index (χ3n) is 4.10. The summed E-state index contributed by atoms with van der Waals surface area (Å²) in [5, 5.41) is 5.64. The molecule has 2 amide bonds. The molecule has 144 valence electrons. The van der Waals surface area contributed by atoms with Gasteiger partial charge in [0.2, 0.25) is 11.8 Å². The zero-order chi connectivity index (χ0) is 19.5. The molecule has 0 aliphatic carbocycles. The van der Waals surface area contributed by atoms with Gasteiger partial charge in [-0.1, -0.05) is 38.8 Å². The van der Waals surface area contributed by atoms with Crippen LogP contribution < -0.4 is 15.4 Å². The summed E-state index contributed by atoms with van der Waals surface area (Å²) in [6, 6.07) is 6.91. The highest BCUT2D eigenvalue weighted by molar-refractivity contribution is 5.95. The second-order valence-electron chi connectivity index (χ2n) is 7.07. The van der Waals surface area contributed by atoms with E-state index in [-0.39, 0.29) is 17.9 Å². The first-order chi connectivity index (χ1) is 12.3. The highest BCUT2D eigenvalue weighted by Crippen LogP contribution is 2.12. The number of nitrogens with one attached hydrogen (secondary N) is 2. The average Bonchev–Trinajstić information content (AvgIpc) is 2.59. The van der Waals surface area contributed by atoms with Crippen LogP contribution in [0.2, 0.25) is 0 Å². The van der Waals surface area contributed by atoms with Crippen LogP contribution in [-0.2, 0) is 9.59 Å². The van der Waals surface area contributed by atoms with Crippen molar-refractivity contribution in [2.45, 2.75) is 59.0 Å². The van der Waals surface area contributed by atoms with Gasteiger partial charge in [0.05, 0.1) is 7.11 Å². The molecule has 0 heterocycles. The maximum absolute atomic E-state index is 12.2. The Morgan fingerprint density at radius 2 is 1.69 bits per heavy atom. The molecule has 0 bridgehead atoms. The largest absolute Gasteiger partial charge is 0.497 e. The van der Waals surface area contributed by atoms with E-state index in [9.17, 15) is 9.59 Å². The Bertz CT molecular complexity index is 594. The van der Waals surface area contributed by atoms with Gasteiger partial charge in [-0.25, -0.2) is 0 Å². The molecule has 0 aromatic heterocycles. The molecule has 2 atom stereocenters. The molecule has 0 fully saturated rings. The Balaban J connectivity index is 2.39. The third kappa shape index (κ3) is 8.70. The molecule has 1 aromatic rings. The van der Waals surface area contributed by atoms with Crippen LogP contribution in [0.1, 0.15) is 52.5 Å². The number of ether oxygens (including phenoxy) is 1. The minimum absolute atomic E-state index is 0.107. The minimum atomic E-state index is -0.574. The molecular weight excluding hydrogens is 328 g/mol. The zero-order valence-electron chi connectivity index (χ0n) is 16.5. The van der Waals surface area contributed by atoms with Gasteiger partial charge in [0.15, 0.2) is 0 Å². The summed E-state index contributed by atoms with van der Waals surface area (Å²) < 4.78 is 5.09. The SMILES string of the molecule is COc1ccc(C=CC(=O)NC(C)C(=O)NC(C)CCCC(C)C)cc1. The Labute approximate surface area is 157 Å². The Hall–Kier alpha value is -2.30. The van der Waals surface area contributed by atoms with Gasteiger partial charge in [-0.3, -0.25) is 9.59 Å². The number of hydrogen-bond acceptors (Lipinski definition) is 3.